The number of rotatable bonds is 4. The molecule has 0 unspecified atom stereocenters. The van der Waals surface area contributed by atoms with Crippen LogP contribution >= 0.6 is 38.5 Å². The molecule has 0 aliphatic carbocycles. The van der Waals surface area contributed by atoms with Crippen LogP contribution in [-0.4, -0.2) is 5.91 Å². The molecule has 0 aliphatic heterocycles. The summed E-state index contributed by atoms with van der Waals surface area (Å²) in [6.45, 7) is 0. The summed E-state index contributed by atoms with van der Waals surface area (Å²) in [7, 11) is 0. The van der Waals surface area contributed by atoms with Crippen LogP contribution in [0.3, 0.4) is 0 Å². The van der Waals surface area contributed by atoms with E-state index in [4.69, 9.17) is 4.42 Å². The summed E-state index contributed by atoms with van der Waals surface area (Å²) >= 11 is 5.57. The minimum Gasteiger partial charge on any atom is -0.457 e. The van der Waals surface area contributed by atoms with Gasteiger partial charge in [0.1, 0.15) is 23.2 Å². The van der Waals surface area contributed by atoms with E-state index in [1.165, 1.54) is 6.08 Å². The average molecular weight is 519 g/mol. The van der Waals surface area contributed by atoms with Gasteiger partial charge in [0.15, 0.2) is 0 Å². The van der Waals surface area contributed by atoms with E-state index in [2.05, 4.69) is 43.8 Å². The molecule has 1 heterocycles. The molecule has 1 aromatic heterocycles. The Hall–Kier alpha value is -2.37. The number of hydrogen-bond acceptors (Lipinski definition) is 3. The molecule has 0 saturated carbocycles. The van der Waals surface area contributed by atoms with Gasteiger partial charge >= 0.3 is 0 Å². The lowest BCUT2D eigenvalue weighted by Crippen LogP contribution is -2.13. The van der Waals surface area contributed by atoms with Crippen LogP contribution in [0.5, 0.6) is 0 Å². The van der Waals surface area contributed by atoms with Crippen molar-refractivity contribution in [1.82, 2.24) is 0 Å². The molecule has 0 fully saturated rings. The molecule has 1 N–H and O–H groups in total. The zero-order valence-corrected chi connectivity index (χ0v) is 17.1. The summed E-state index contributed by atoms with van der Waals surface area (Å²) in [6.07, 6.45) is 1.43. The molecule has 26 heavy (non-hydrogen) atoms. The number of benzene rings is 2. The van der Waals surface area contributed by atoms with Crippen molar-refractivity contribution in [1.29, 1.82) is 5.26 Å². The van der Waals surface area contributed by atoms with Crippen LogP contribution < -0.4 is 5.32 Å². The van der Waals surface area contributed by atoms with Crippen molar-refractivity contribution in [3.63, 3.8) is 0 Å². The van der Waals surface area contributed by atoms with Crippen molar-refractivity contribution >= 4 is 56.2 Å². The first kappa shape index (κ1) is 18.4. The molecular weight excluding hydrogens is 507 g/mol. The molecule has 3 rings (SSSR count). The number of anilines is 1. The van der Waals surface area contributed by atoms with Crippen molar-refractivity contribution in [3.8, 4) is 17.4 Å². The highest BCUT2D eigenvalue weighted by Gasteiger charge is 2.11. The van der Waals surface area contributed by atoms with Crippen LogP contribution in [0.1, 0.15) is 5.76 Å². The Morgan fingerprint density at radius 2 is 1.77 bits per heavy atom. The van der Waals surface area contributed by atoms with Crippen LogP contribution in [0.25, 0.3) is 17.4 Å². The fraction of sp³-hybridized carbons (Fsp3) is 0. The summed E-state index contributed by atoms with van der Waals surface area (Å²) in [5.41, 5.74) is 1.51. The standard InChI is InChI=1S/C20H12BrIN2O2/c21-15-3-7-17(8-4-15)24-20(25)14(12-23)11-18-9-10-19(26-18)13-1-5-16(22)6-2-13/h1-11H,(H,24,25)/b14-11-. The van der Waals surface area contributed by atoms with E-state index in [-0.39, 0.29) is 5.57 Å². The lowest BCUT2D eigenvalue weighted by atomic mass is 10.2. The van der Waals surface area contributed by atoms with E-state index >= 15 is 0 Å². The molecule has 0 radical (unpaired) electrons. The molecule has 128 valence electrons. The molecule has 0 atom stereocenters. The number of furan rings is 1. The summed E-state index contributed by atoms with van der Waals surface area (Å²) in [4.78, 5) is 12.3. The van der Waals surface area contributed by atoms with Gasteiger partial charge in [-0.3, -0.25) is 4.79 Å². The highest BCUT2D eigenvalue weighted by atomic mass is 127. The normalized spacial score (nSPS) is 11.0. The van der Waals surface area contributed by atoms with Gasteiger partial charge in [-0.15, -0.1) is 0 Å². The Kier molecular flexibility index (Phi) is 5.91. The number of carbonyl (C=O) groups excluding carboxylic acids is 1. The molecule has 3 aromatic rings. The van der Waals surface area contributed by atoms with Crippen LogP contribution in [-0.2, 0) is 4.79 Å². The van der Waals surface area contributed by atoms with Crippen LogP contribution in [0.15, 0.2) is 75.1 Å². The van der Waals surface area contributed by atoms with E-state index in [1.54, 1.807) is 18.2 Å². The van der Waals surface area contributed by atoms with Crippen molar-refractivity contribution in [3.05, 3.63) is 80.0 Å². The van der Waals surface area contributed by atoms with Crippen molar-refractivity contribution in [2.45, 2.75) is 0 Å². The third-order valence-corrected chi connectivity index (χ3v) is 4.76. The number of amides is 1. The summed E-state index contributed by atoms with van der Waals surface area (Å²) in [5.74, 6) is 0.640. The van der Waals surface area contributed by atoms with Gasteiger partial charge in [-0.1, -0.05) is 28.1 Å². The number of nitriles is 1. The molecule has 0 bridgehead atoms. The van der Waals surface area contributed by atoms with E-state index < -0.39 is 5.91 Å². The monoisotopic (exact) mass is 518 g/mol. The van der Waals surface area contributed by atoms with Gasteiger partial charge in [-0.05, 0) is 71.1 Å². The molecule has 0 spiro atoms. The van der Waals surface area contributed by atoms with Crippen molar-refractivity contribution in [2.24, 2.45) is 0 Å². The number of hydrogen-bond donors (Lipinski definition) is 1. The quantitative estimate of drug-likeness (QED) is 0.267. The smallest absolute Gasteiger partial charge is 0.266 e. The Balaban J connectivity index is 1.78. The third-order valence-electron chi connectivity index (χ3n) is 3.51. The highest BCUT2D eigenvalue weighted by Crippen LogP contribution is 2.24. The van der Waals surface area contributed by atoms with Crippen molar-refractivity contribution in [2.75, 3.05) is 5.32 Å². The van der Waals surface area contributed by atoms with Gasteiger partial charge in [-0.25, -0.2) is 0 Å². The van der Waals surface area contributed by atoms with Crippen molar-refractivity contribution < 1.29 is 9.21 Å². The second-order valence-electron chi connectivity index (χ2n) is 5.34. The molecule has 0 saturated heterocycles. The number of halogens is 2. The largest absolute Gasteiger partial charge is 0.457 e. The second kappa shape index (κ2) is 8.34. The fourth-order valence-electron chi connectivity index (χ4n) is 2.22. The van der Waals surface area contributed by atoms with E-state index in [9.17, 15) is 10.1 Å². The minimum atomic E-state index is -0.484. The van der Waals surface area contributed by atoms with Crippen LogP contribution in [0.2, 0.25) is 0 Å². The number of nitrogens with one attached hydrogen (secondary N) is 1. The van der Waals surface area contributed by atoms with Gasteiger partial charge in [0, 0.05) is 25.4 Å². The SMILES string of the molecule is N#C/C(=C/c1ccc(-c2ccc(I)cc2)o1)C(=O)Nc1ccc(Br)cc1. The first-order valence-electron chi connectivity index (χ1n) is 7.59. The Bertz CT molecular complexity index is 1000. The predicted octanol–water partition coefficient (Wildman–Crippen LogP) is 5.86. The Morgan fingerprint density at radius 1 is 1.08 bits per heavy atom. The van der Waals surface area contributed by atoms with Gasteiger partial charge in [-0.2, -0.15) is 5.26 Å². The lowest BCUT2D eigenvalue weighted by Gasteiger charge is -2.03. The maximum absolute atomic E-state index is 12.3. The van der Waals surface area contributed by atoms with Gasteiger partial charge < -0.3 is 9.73 Å². The lowest BCUT2D eigenvalue weighted by molar-refractivity contribution is -0.112. The first-order chi connectivity index (χ1) is 12.5. The fourth-order valence-corrected chi connectivity index (χ4v) is 2.85. The molecular formula is C20H12BrIN2O2. The summed E-state index contributed by atoms with van der Waals surface area (Å²) in [5, 5.41) is 12.0. The average Bonchev–Trinajstić information content (AvgIpc) is 3.11. The molecule has 2 aromatic carbocycles. The topological polar surface area (TPSA) is 66.0 Å². The zero-order chi connectivity index (χ0) is 18.5. The van der Waals surface area contributed by atoms with Crippen LogP contribution in [0.4, 0.5) is 5.69 Å². The minimum absolute atomic E-state index is 0.0311. The second-order valence-corrected chi connectivity index (χ2v) is 7.50. The molecule has 6 heteroatoms. The van der Waals surface area contributed by atoms with E-state index in [0.29, 0.717) is 17.2 Å². The summed E-state index contributed by atoms with van der Waals surface area (Å²) < 4.78 is 7.78. The van der Waals surface area contributed by atoms with Crippen LogP contribution in [0, 0.1) is 14.9 Å². The predicted molar refractivity (Wildman–Crippen MR) is 113 cm³/mol. The van der Waals surface area contributed by atoms with E-state index in [1.807, 2.05) is 48.5 Å². The summed E-state index contributed by atoms with van der Waals surface area (Å²) in [6, 6.07) is 20.5. The van der Waals surface area contributed by atoms with Gasteiger partial charge in [0.05, 0.1) is 0 Å². The number of carbonyl (C=O) groups is 1. The van der Waals surface area contributed by atoms with Gasteiger partial charge in [0.25, 0.3) is 5.91 Å². The number of nitrogens with zero attached hydrogens (tertiary/aromatic N) is 1. The third kappa shape index (κ3) is 4.62. The van der Waals surface area contributed by atoms with Gasteiger partial charge in [0.2, 0.25) is 0 Å². The zero-order valence-electron chi connectivity index (χ0n) is 13.4. The molecule has 0 aliphatic rings. The Morgan fingerprint density at radius 3 is 2.42 bits per heavy atom. The highest BCUT2D eigenvalue weighted by molar-refractivity contribution is 14.1. The Labute approximate surface area is 172 Å². The maximum atomic E-state index is 12.3. The first-order valence-corrected chi connectivity index (χ1v) is 9.47. The molecule has 1 amide bonds. The maximum Gasteiger partial charge on any atom is 0.266 e. The van der Waals surface area contributed by atoms with E-state index in [0.717, 1.165) is 13.6 Å². The molecule has 4 nitrogen and oxygen atoms in total.